The number of nitrogens with one attached hydrogen (secondary N) is 1. The van der Waals surface area contributed by atoms with E-state index in [1.807, 2.05) is 0 Å². The van der Waals surface area contributed by atoms with Gasteiger partial charge in [-0.05, 0) is 32.1 Å². The zero-order valence-corrected chi connectivity index (χ0v) is 10.5. The van der Waals surface area contributed by atoms with Gasteiger partial charge in [-0.15, -0.1) is 0 Å². The molecule has 0 amide bonds. The Morgan fingerprint density at radius 1 is 1.07 bits per heavy atom. The third-order valence-electron chi connectivity index (χ3n) is 2.71. The number of hydrogen-bond donors (Lipinski definition) is 2. The largest absolute Gasteiger partial charge is 0.396 e. The molecule has 14 heavy (non-hydrogen) atoms. The first-order valence-corrected chi connectivity index (χ1v) is 5.69. The second kappa shape index (κ2) is 5.72. The van der Waals surface area contributed by atoms with Gasteiger partial charge in [-0.3, -0.25) is 0 Å². The molecule has 0 aromatic rings. The quantitative estimate of drug-likeness (QED) is 0.663. The number of aliphatic hydroxyl groups excluding tert-OH is 1. The maximum Gasteiger partial charge on any atom is 0.0448 e. The second-order valence-electron chi connectivity index (χ2n) is 5.63. The van der Waals surface area contributed by atoms with Gasteiger partial charge >= 0.3 is 0 Å². The molecule has 0 radical (unpaired) electrons. The van der Waals surface area contributed by atoms with Crippen molar-refractivity contribution >= 4 is 0 Å². The SMILES string of the molecule is CCCC(C)(C)CNC(C)(C)CCO. The Kier molecular flexibility index (Phi) is 5.68. The molecular formula is C12H27NO. The summed E-state index contributed by atoms with van der Waals surface area (Å²) in [6, 6.07) is 0. The molecule has 0 rings (SSSR count). The van der Waals surface area contributed by atoms with Crippen molar-refractivity contribution in [1.82, 2.24) is 5.32 Å². The van der Waals surface area contributed by atoms with E-state index in [2.05, 4.69) is 39.9 Å². The molecular weight excluding hydrogens is 174 g/mol. The van der Waals surface area contributed by atoms with Crippen LogP contribution in [-0.4, -0.2) is 23.8 Å². The summed E-state index contributed by atoms with van der Waals surface area (Å²) in [5.74, 6) is 0. The second-order valence-corrected chi connectivity index (χ2v) is 5.63. The first kappa shape index (κ1) is 13.9. The van der Waals surface area contributed by atoms with Crippen LogP contribution < -0.4 is 5.32 Å². The van der Waals surface area contributed by atoms with E-state index in [0.29, 0.717) is 5.41 Å². The molecule has 0 saturated carbocycles. The predicted octanol–water partition coefficient (Wildman–Crippen LogP) is 2.56. The fourth-order valence-corrected chi connectivity index (χ4v) is 1.61. The maximum atomic E-state index is 8.89. The van der Waals surface area contributed by atoms with Crippen LogP contribution in [0.1, 0.15) is 53.9 Å². The van der Waals surface area contributed by atoms with Crippen LogP contribution in [0.5, 0.6) is 0 Å². The lowest BCUT2D eigenvalue weighted by Crippen LogP contribution is -2.44. The number of hydrogen-bond acceptors (Lipinski definition) is 2. The molecule has 86 valence electrons. The predicted molar refractivity (Wildman–Crippen MR) is 62.5 cm³/mol. The van der Waals surface area contributed by atoms with E-state index in [0.717, 1.165) is 13.0 Å². The van der Waals surface area contributed by atoms with Crippen LogP contribution in [-0.2, 0) is 0 Å². The van der Waals surface area contributed by atoms with Gasteiger partial charge in [0.2, 0.25) is 0 Å². The lowest BCUT2D eigenvalue weighted by molar-refractivity contribution is 0.206. The Hall–Kier alpha value is -0.0800. The van der Waals surface area contributed by atoms with E-state index in [1.165, 1.54) is 12.8 Å². The lowest BCUT2D eigenvalue weighted by atomic mass is 9.86. The van der Waals surface area contributed by atoms with Gasteiger partial charge in [0.05, 0.1) is 0 Å². The molecule has 0 aliphatic rings. The maximum absolute atomic E-state index is 8.89. The highest BCUT2D eigenvalue weighted by molar-refractivity contribution is 4.81. The van der Waals surface area contributed by atoms with Gasteiger partial charge < -0.3 is 10.4 Å². The highest BCUT2D eigenvalue weighted by atomic mass is 16.3. The van der Waals surface area contributed by atoms with E-state index in [9.17, 15) is 0 Å². The van der Waals surface area contributed by atoms with Crippen LogP contribution >= 0.6 is 0 Å². The molecule has 2 heteroatoms. The minimum Gasteiger partial charge on any atom is -0.396 e. The molecule has 0 unspecified atom stereocenters. The third-order valence-corrected chi connectivity index (χ3v) is 2.71. The van der Waals surface area contributed by atoms with Crippen LogP contribution in [0.2, 0.25) is 0 Å². The van der Waals surface area contributed by atoms with Gasteiger partial charge in [0.25, 0.3) is 0 Å². The van der Waals surface area contributed by atoms with E-state index in [1.54, 1.807) is 0 Å². The van der Waals surface area contributed by atoms with E-state index >= 15 is 0 Å². The van der Waals surface area contributed by atoms with Crippen LogP contribution in [0.15, 0.2) is 0 Å². The number of aliphatic hydroxyl groups is 1. The Bertz CT molecular complexity index is 134. The Balaban J connectivity index is 3.90. The van der Waals surface area contributed by atoms with Crippen molar-refractivity contribution in [2.75, 3.05) is 13.2 Å². The lowest BCUT2D eigenvalue weighted by Gasteiger charge is -2.32. The van der Waals surface area contributed by atoms with Crippen molar-refractivity contribution in [3.63, 3.8) is 0 Å². The summed E-state index contributed by atoms with van der Waals surface area (Å²) in [5, 5.41) is 12.4. The number of rotatable bonds is 7. The Morgan fingerprint density at radius 2 is 1.64 bits per heavy atom. The molecule has 2 N–H and O–H groups in total. The van der Waals surface area contributed by atoms with E-state index in [4.69, 9.17) is 5.11 Å². The van der Waals surface area contributed by atoms with Crippen molar-refractivity contribution in [2.24, 2.45) is 5.41 Å². The average molecular weight is 201 g/mol. The van der Waals surface area contributed by atoms with Gasteiger partial charge in [0.15, 0.2) is 0 Å². The van der Waals surface area contributed by atoms with Gasteiger partial charge in [0, 0.05) is 18.7 Å². The first-order valence-electron chi connectivity index (χ1n) is 5.69. The molecule has 0 spiro atoms. The van der Waals surface area contributed by atoms with Crippen LogP contribution in [0.3, 0.4) is 0 Å². The average Bonchev–Trinajstić information content (AvgIpc) is 2.01. The normalized spacial score (nSPS) is 13.3. The summed E-state index contributed by atoms with van der Waals surface area (Å²) >= 11 is 0. The van der Waals surface area contributed by atoms with E-state index in [-0.39, 0.29) is 12.1 Å². The smallest absolute Gasteiger partial charge is 0.0448 e. The topological polar surface area (TPSA) is 32.3 Å². The van der Waals surface area contributed by atoms with Crippen molar-refractivity contribution in [1.29, 1.82) is 0 Å². The Morgan fingerprint density at radius 3 is 2.07 bits per heavy atom. The monoisotopic (exact) mass is 201 g/mol. The molecule has 2 nitrogen and oxygen atoms in total. The van der Waals surface area contributed by atoms with Gasteiger partial charge in [-0.25, -0.2) is 0 Å². The molecule has 0 bridgehead atoms. The van der Waals surface area contributed by atoms with Crippen molar-refractivity contribution < 1.29 is 5.11 Å². The van der Waals surface area contributed by atoms with Crippen molar-refractivity contribution in [2.45, 2.75) is 59.4 Å². The molecule has 0 heterocycles. The first-order chi connectivity index (χ1) is 6.33. The van der Waals surface area contributed by atoms with Crippen LogP contribution in [0, 0.1) is 5.41 Å². The fourth-order valence-electron chi connectivity index (χ4n) is 1.61. The standard InChI is InChI=1S/C12H27NO/c1-6-7-11(2,3)10-13-12(4,5)8-9-14/h13-14H,6-10H2,1-5H3. The van der Waals surface area contributed by atoms with Gasteiger partial charge in [-0.2, -0.15) is 0 Å². The molecule has 0 aromatic heterocycles. The molecule has 0 aliphatic carbocycles. The summed E-state index contributed by atoms with van der Waals surface area (Å²) in [6.07, 6.45) is 3.29. The molecule has 0 aliphatic heterocycles. The van der Waals surface area contributed by atoms with E-state index < -0.39 is 0 Å². The fraction of sp³-hybridized carbons (Fsp3) is 1.00. The molecule has 0 saturated heterocycles. The third kappa shape index (κ3) is 6.39. The summed E-state index contributed by atoms with van der Waals surface area (Å²) < 4.78 is 0. The molecule has 0 fully saturated rings. The summed E-state index contributed by atoms with van der Waals surface area (Å²) in [7, 11) is 0. The van der Waals surface area contributed by atoms with Crippen LogP contribution in [0.25, 0.3) is 0 Å². The molecule has 0 aromatic carbocycles. The minimum absolute atomic E-state index is 0.0553. The summed E-state index contributed by atoms with van der Waals surface area (Å²) in [5.41, 5.74) is 0.418. The van der Waals surface area contributed by atoms with Crippen LogP contribution in [0.4, 0.5) is 0 Å². The summed E-state index contributed by atoms with van der Waals surface area (Å²) in [4.78, 5) is 0. The van der Waals surface area contributed by atoms with Crippen molar-refractivity contribution in [3.05, 3.63) is 0 Å². The van der Waals surface area contributed by atoms with Crippen molar-refractivity contribution in [3.8, 4) is 0 Å². The van der Waals surface area contributed by atoms with Gasteiger partial charge in [0.1, 0.15) is 0 Å². The zero-order valence-electron chi connectivity index (χ0n) is 10.5. The Labute approximate surface area is 89.1 Å². The van der Waals surface area contributed by atoms with Gasteiger partial charge in [-0.1, -0.05) is 27.2 Å². The highest BCUT2D eigenvalue weighted by Gasteiger charge is 2.22. The zero-order chi connectivity index (χ0) is 11.2. The molecule has 0 atom stereocenters. The minimum atomic E-state index is 0.0553. The summed E-state index contributed by atoms with van der Waals surface area (Å²) in [6.45, 7) is 12.4. The highest BCUT2D eigenvalue weighted by Crippen LogP contribution is 2.22.